The van der Waals surface area contributed by atoms with Crippen molar-refractivity contribution in [2.75, 3.05) is 31.1 Å². The Morgan fingerprint density at radius 1 is 1.32 bits per heavy atom. The summed E-state index contributed by atoms with van der Waals surface area (Å²) in [5.41, 5.74) is 0.453. The summed E-state index contributed by atoms with van der Waals surface area (Å²) in [6.45, 7) is 4.58. The molecule has 0 aromatic carbocycles. The van der Waals surface area contributed by atoms with Crippen molar-refractivity contribution in [3.8, 4) is 0 Å². The average Bonchev–Trinajstić information content (AvgIpc) is 3.37. The highest BCUT2D eigenvalue weighted by molar-refractivity contribution is 7.20. The van der Waals surface area contributed by atoms with Gasteiger partial charge in [0.25, 0.3) is 5.56 Å². The number of nitrogens with zero attached hydrogens (tertiary/aromatic N) is 5. The molecule has 1 unspecified atom stereocenters. The summed E-state index contributed by atoms with van der Waals surface area (Å²) in [6, 6.07) is 1.17. The lowest BCUT2D eigenvalue weighted by atomic mass is 10.2. The highest BCUT2D eigenvalue weighted by Gasteiger charge is 2.33. The van der Waals surface area contributed by atoms with Crippen molar-refractivity contribution in [1.82, 2.24) is 24.8 Å². The number of anilines is 1. The van der Waals surface area contributed by atoms with Crippen LogP contribution in [0.1, 0.15) is 37.8 Å². The molecule has 2 aliphatic heterocycles. The lowest BCUT2D eigenvalue weighted by Crippen LogP contribution is -2.44. The molecule has 0 bridgehead atoms. The monoisotopic (exact) mass is 404 g/mol. The van der Waals surface area contributed by atoms with Gasteiger partial charge < -0.3 is 15.1 Å². The smallest absolute Gasteiger partial charge is 0.275 e. The largest absolute Gasteiger partial charge is 0.354 e. The van der Waals surface area contributed by atoms with Gasteiger partial charge >= 0.3 is 0 Å². The van der Waals surface area contributed by atoms with Crippen molar-refractivity contribution in [2.45, 2.75) is 45.1 Å². The second kappa shape index (κ2) is 7.86. The van der Waals surface area contributed by atoms with E-state index in [9.17, 15) is 14.4 Å². The molecular weight excluding hydrogens is 380 g/mol. The van der Waals surface area contributed by atoms with E-state index in [1.54, 1.807) is 6.92 Å². The highest BCUT2D eigenvalue weighted by Crippen LogP contribution is 2.29. The topological polar surface area (TPSA) is 99.9 Å². The maximum atomic E-state index is 12.7. The van der Waals surface area contributed by atoms with E-state index in [0.717, 1.165) is 38.8 Å². The number of hydrogen-bond acceptors (Lipinski definition) is 7. The molecule has 2 fully saturated rings. The molecule has 150 valence electrons. The van der Waals surface area contributed by atoms with Crippen molar-refractivity contribution in [2.24, 2.45) is 0 Å². The normalized spacial score (nSPS) is 19.8. The van der Waals surface area contributed by atoms with Gasteiger partial charge in [0, 0.05) is 44.4 Å². The van der Waals surface area contributed by atoms with Gasteiger partial charge in [-0.15, -0.1) is 5.10 Å². The molecule has 1 atom stereocenters. The van der Waals surface area contributed by atoms with Gasteiger partial charge in [-0.3, -0.25) is 14.4 Å². The summed E-state index contributed by atoms with van der Waals surface area (Å²) in [4.78, 5) is 45.1. The van der Waals surface area contributed by atoms with Gasteiger partial charge in [-0.05, 0) is 32.6 Å². The van der Waals surface area contributed by atoms with Crippen LogP contribution >= 0.6 is 11.3 Å². The minimum Gasteiger partial charge on any atom is -0.354 e. The van der Waals surface area contributed by atoms with E-state index in [4.69, 9.17) is 0 Å². The van der Waals surface area contributed by atoms with Crippen LogP contribution < -0.4 is 15.8 Å². The average molecular weight is 404 g/mol. The third-order valence-corrected chi connectivity index (χ3v) is 6.18. The third kappa shape index (κ3) is 3.73. The van der Waals surface area contributed by atoms with Crippen LogP contribution in [0.3, 0.4) is 0 Å². The van der Waals surface area contributed by atoms with Crippen molar-refractivity contribution in [3.05, 3.63) is 22.1 Å². The maximum absolute atomic E-state index is 12.7. The summed E-state index contributed by atoms with van der Waals surface area (Å²) in [7, 11) is 0. The minimum absolute atomic E-state index is 0.0269. The number of aromatic nitrogens is 3. The number of rotatable bonds is 6. The van der Waals surface area contributed by atoms with Crippen molar-refractivity contribution in [3.63, 3.8) is 0 Å². The Morgan fingerprint density at radius 3 is 2.96 bits per heavy atom. The van der Waals surface area contributed by atoms with Crippen LogP contribution in [0.4, 0.5) is 5.13 Å². The third-order valence-electron chi connectivity index (χ3n) is 5.24. The van der Waals surface area contributed by atoms with Gasteiger partial charge in [0.05, 0.1) is 0 Å². The molecule has 4 heterocycles. The fraction of sp³-hybridized carbons (Fsp3) is 0.611. The summed E-state index contributed by atoms with van der Waals surface area (Å²) >= 11 is 1.33. The van der Waals surface area contributed by atoms with Crippen LogP contribution in [0.5, 0.6) is 0 Å². The Balaban J connectivity index is 1.37. The van der Waals surface area contributed by atoms with E-state index in [0.29, 0.717) is 35.3 Å². The second-order valence-corrected chi connectivity index (χ2v) is 8.23. The molecule has 2 aliphatic rings. The first-order valence-corrected chi connectivity index (χ1v) is 10.5. The Kier molecular flexibility index (Phi) is 5.29. The summed E-state index contributed by atoms with van der Waals surface area (Å²) < 4.78 is 1.30. The van der Waals surface area contributed by atoms with Crippen molar-refractivity contribution >= 4 is 33.2 Å². The Hall–Kier alpha value is -2.49. The zero-order chi connectivity index (χ0) is 19.7. The number of nitrogens with one attached hydrogen (secondary N) is 1. The van der Waals surface area contributed by atoms with Crippen molar-refractivity contribution < 1.29 is 9.59 Å². The molecule has 10 heteroatoms. The summed E-state index contributed by atoms with van der Waals surface area (Å²) in [6.07, 6.45) is 3.99. The first kappa shape index (κ1) is 18.9. The lowest BCUT2D eigenvalue weighted by molar-refractivity contribution is -0.127. The lowest BCUT2D eigenvalue weighted by Gasteiger charge is -2.23. The molecule has 0 radical (unpaired) electrons. The number of likely N-dealkylation sites (tertiary alicyclic amines) is 1. The number of carbonyl (C=O) groups excluding carboxylic acids is 2. The fourth-order valence-electron chi connectivity index (χ4n) is 3.83. The number of hydrogen-bond donors (Lipinski definition) is 1. The first-order valence-electron chi connectivity index (χ1n) is 9.72. The first-order chi connectivity index (χ1) is 13.5. The zero-order valence-electron chi connectivity index (χ0n) is 15.9. The van der Waals surface area contributed by atoms with Crippen LogP contribution in [0.15, 0.2) is 10.9 Å². The van der Waals surface area contributed by atoms with E-state index in [1.165, 1.54) is 21.9 Å². The molecular formula is C18H24N6O3S. The van der Waals surface area contributed by atoms with Gasteiger partial charge in [0.1, 0.15) is 6.04 Å². The van der Waals surface area contributed by atoms with E-state index < -0.39 is 0 Å². The summed E-state index contributed by atoms with van der Waals surface area (Å²) in [5, 5.41) is 8.03. The molecule has 2 aromatic heterocycles. The van der Waals surface area contributed by atoms with Crippen LogP contribution in [0.25, 0.3) is 4.96 Å². The zero-order valence-corrected chi connectivity index (χ0v) is 16.7. The molecule has 0 aliphatic carbocycles. The molecule has 4 rings (SSSR count). The quantitative estimate of drug-likeness (QED) is 0.706. The molecule has 9 nitrogen and oxygen atoms in total. The molecule has 2 saturated heterocycles. The van der Waals surface area contributed by atoms with Crippen LogP contribution in [0, 0.1) is 6.92 Å². The minimum atomic E-state index is -0.286. The number of carbonyl (C=O) groups is 2. The molecule has 2 amide bonds. The van der Waals surface area contributed by atoms with Gasteiger partial charge in [-0.1, -0.05) is 11.3 Å². The van der Waals surface area contributed by atoms with Crippen molar-refractivity contribution in [1.29, 1.82) is 0 Å². The summed E-state index contributed by atoms with van der Waals surface area (Å²) in [5.74, 6) is 0.184. The van der Waals surface area contributed by atoms with Crippen LogP contribution in [-0.2, 0) is 9.59 Å². The standard InChI is InChI=1S/C18H24N6O3S/c1-12-11-15(26)24-17(20-12)28-18(21-24)23-10-2-5-13(23)16(27)19-7-4-9-22-8-3-6-14(22)25/h11,13H,2-10H2,1H3,(H,19,27). The number of amides is 2. The van der Waals surface area contributed by atoms with Gasteiger partial charge in [-0.2, -0.15) is 4.52 Å². The van der Waals surface area contributed by atoms with Crippen LogP contribution in [0.2, 0.25) is 0 Å². The molecule has 1 N–H and O–H groups in total. The predicted octanol–water partition coefficient (Wildman–Crippen LogP) is 0.557. The number of fused-ring (bicyclic) bond motifs is 1. The van der Waals surface area contributed by atoms with Gasteiger partial charge in [-0.25, -0.2) is 4.98 Å². The highest BCUT2D eigenvalue weighted by atomic mass is 32.1. The van der Waals surface area contributed by atoms with Gasteiger partial charge in [0.15, 0.2) is 0 Å². The van der Waals surface area contributed by atoms with E-state index in [1.807, 2.05) is 9.80 Å². The SMILES string of the molecule is Cc1cc(=O)n2nc(N3CCCC3C(=O)NCCCN3CCCC3=O)sc2n1. The second-order valence-electron chi connectivity index (χ2n) is 7.30. The molecule has 0 spiro atoms. The fourth-order valence-corrected chi connectivity index (χ4v) is 4.86. The number of aryl methyl sites for hydroxylation is 1. The maximum Gasteiger partial charge on any atom is 0.275 e. The van der Waals surface area contributed by atoms with E-state index in [2.05, 4.69) is 15.4 Å². The Morgan fingerprint density at radius 2 is 2.18 bits per heavy atom. The van der Waals surface area contributed by atoms with E-state index >= 15 is 0 Å². The predicted molar refractivity (Wildman–Crippen MR) is 106 cm³/mol. The molecule has 0 saturated carbocycles. The molecule has 2 aromatic rings. The Bertz CT molecular complexity index is 954. The van der Waals surface area contributed by atoms with Crippen LogP contribution in [-0.4, -0.2) is 63.5 Å². The Labute approximate surface area is 166 Å². The molecule has 28 heavy (non-hydrogen) atoms. The van der Waals surface area contributed by atoms with E-state index in [-0.39, 0.29) is 23.4 Å². The van der Waals surface area contributed by atoms with Gasteiger partial charge in [0.2, 0.25) is 21.9 Å².